The second-order valence-electron chi connectivity index (χ2n) is 3.42. The fourth-order valence-corrected chi connectivity index (χ4v) is 1.83. The Labute approximate surface area is 107 Å². The number of pyridine rings is 1. The largest absolute Gasteiger partial charge is 0.481 e. The van der Waals surface area contributed by atoms with Gasteiger partial charge in [-0.25, -0.2) is 9.67 Å². The minimum atomic E-state index is 0.598. The van der Waals surface area contributed by atoms with Gasteiger partial charge in [0, 0.05) is 13.1 Å². The molecule has 0 bridgehead atoms. The zero-order valence-corrected chi connectivity index (χ0v) is 11.0. The third-order valence-corrected chi connectivity index (χ3v) is 2.76. The molecule has 2 aromatic heterocycles. The summed E-state index contributed by atoms with van der Waals surface area (Å²) in [4.78, 5) is 4.16. The number of hydrogen-bond donors (Lipinski definition) is 2. The lowest BCUT2D eigenvalue weighted by atomic mass is 10.4. The molecule has 17 heavy (non-hydrogen) atoms. The Morgan fingerprint density at radius 2 is 2.24 bits per heavy atom. The summed E-state index contributed by atoms with van der Waals surface area (Å²) >= 11 is 3.38. The van der Waals surface area contributed by atoms with Crippen molar-refractivity contribution in [2.24, 2.45) is 7.05 Å². The van der Waals surface area contributed by atoms with Crippen LogP contribution in [0.15, 0.2) is 22.8 Å². The van der Waals surface area contributed by atoms with Crippen LogP contribution >= 0.6 is 15.9 Å². The van der Waals surface area contributed by atoms with Crippen molar-refractivity contribution in [3.8, 4) is 5.88 Å². The van der Waals surface area contributed by atoms with Crippen LogP contribution in [0.1, 0.15) is 0 Å². The van der Waals surface area contributed by atoms with Gasteiger partial charge in [-0.05, 0) is 22.0 Å². The molecule has 0 radical (unpaired) electrons. The standard InChI is InChI=1S/C10H12BrN5O/c1-16-9(17-2)4-8(15-16)14-10-7(11)3-6(12)5-13-10/h3-5H,12H2,1-2H3,(H,13,14,15). The monoisotopic (exact) mass is 297 g/mol. The highest BCUT2D eigenvalue weighted by Gasteiger charge is 2.08. The molecule has 0 unspecified atom stereocenters. The van der Waals surface area contributed by atoms with E-state index in [1.807, 2.05) is 0 Å². The average molecular weight is 298 g/mol. The number of rotatable bonds is 3. The predicted octanol–water partition coefficient (Wildman–Crippen LogP) is 1.91. The zero-order valence-electron chi connectivity index (χ0n) is 9.44. The normalized spacial score (nSPS) is 10.3. The minimum Gasteiger partial charge on any atom is -0.481 e. The number of nitrogens with one attached hydrogen (secondary N) is 1. The van der Waals surface area contributed by atoms with Crippen LogP contribution in [0.25, 0.3) is 0 Å². The second-order valence-corrected chi connectivity index (χ2v) is 4.27. The lowest BCUT2D eigenvalue weighted by Crippen LogP contribution is -1.98. The molecule has 2 aromatic rings. The van der Waals surface area contributed by atoms with Crippen LogP contribution in [0.4, 0.5) is 17.3 Å². The van der Waals surface area contributed by atoms with E-state index in [4.69, 9.17) is 10.5 Å². The van der Waals surface area contributed by atoms with Gasteiger partial charge >= 0.3 is 0 Å². The van der Waals surface area contributed by atoms with Gasteiger partial charge in [0.15, 0.2) is 5.82 Å². The van der Waals surface area contributed by atoms with E-state index < -0.39 is 0 Å². The number of nitrogens with zero attached hydrogens (tertiary/aromatic N) is 3. The van der Waals surface area contributed by atoms with E-state index >= 15 is 0 Å². The van der Waals surface area contributed by atoms with Gasteiger partial charge < -0.3 is 15.8 Å². The Kier molecular flexibility index (Phi) is 3.19. The molecule has 90 valence electrons. The fraction of sp³-hybridized carbons (Fsp3) is 0.200. The number of aryl methyl sites for hydroxylation is 1. The van der Waals surface area contributed by atoms with Gasteiger partial charge in [-0.2, -0.15) is 5.10 Å². The van der Waals surface area contributed by atoms with E-state index in [2.05, 4.69) is 31.3 Å². The van der Waals surface area contributed by atoms with Crippen molar-refractivity contribution in [1.29, 1.82) is 0 Å². The van der Waals surface area contributed by atoms with E-state index in [9.17, 15) is 0 Å². The van der Waals surface area contributed by atoms with Crippen LogP contribution in [-0.4, -0.2) is 21.9 Å². The van der Waals surface area contributed by atoms with E-state index in [1.54, 1.807) is 37.2 Å². The molecule has 0 aliphatic rings. The van der Waals surface area contributed by atoms with Crippen molar-refractivity contribution < 1.29 is 4.74 Å². The molecule has 0 amide bonds. The van der Waals surface area contributed by atoms with Crippen molar-refractivity contribution in [2.45, 2.75) is 0 Å². The van der Waals surface area contributed by atoms with Gasteiger partial charge in [0.2, 0.25) is 5.88 Å². The highest BCUT2D eigenvalue weighted by molar-refractivity contribution is 9.10. The number of aromatic nitrogens is 3. The molecule has 0 atom stereocenters. The first-order chi connectivity index (χ1) is 8.10. The summed E-state index contributed by atoms with van der Waals surface area (Å²) in [5.74, 6) is 1.97. The highest BCUT2D eigenvalue weighted by atomic mass is 79.9. The van der Waals surface area contributed by atoms with Gasteiger partial charge in [-0.15, -0.1) is 0 Å². The van der Waals surface area contributed by atoms with Gasteiger partial charge in [0.1, 0.15) is 5.82 Å². The number of hydrogen-bond acceptors (Lipinski definition) is 5. The number of nitrogens with two attached hydrogens (primary N) is 1. The summed E-state index contributed by atoms with van der Waals surface area (Å²) in [6, 6.07) is 3.56. The maximum absolute atomic E-state index is 5.61. The maximum atomic E-state index is 5.61. The quantitative estimate of drug-likeness (QED) is 0.905. The van der Waals surface area contributed by atoms with Crippen LogP contribution in [-0.2, 0) is 7.05 Å². The van der Waals surface area contributed by atoms with Gasteiger partial charge in [-0.3, -0.25) is 0 Å². The molecular formula is C10H12BrN5O. The minimum absolute atomic E-state index is 0.598. The summed E-state index contributed by atoms with van der Waals surface area (Å²) in [5, 5.41) is 7.30. The van der Waals surface area contributed by atoms with E-state index in [-0.39, 0.29) is 0 Å². The Morgan fingerprint density at radius 3 is 2.82 bits per heavy atom. The number of nitrogen functional groups attached to an aromatic ring is 1. The molecule has 0 fully saturated rings. The SMILES string of the molecule is COc1cc(Nc2ncc(N)cc2Br)nn1C. The number of anilines is 3. The summed E-state index contributed by atoms with van der Waals surface area (Å²) in [7, 11) is 3.40. The van der Waals surface area contributed by atoms with E-state index in [1.165, 1.54) is 0 Å². The molecular weight excluding hydrogens is 286 g/mol. The predicted molar refractivity (Wildman–Crippen MR) is 69.4 cm³/mol. The van der Waals surface area contributed by atoms with Gasteiger partial charge in [-0.1, -0.05) is 0 Å². The zero-order chi connectivity index (χ0) is 12.4. The van der Waals surface area contributed by atoms with Crippen molar-refractivity contribution in [1.82, 2.24) is 14.8 Å². The summed E-state index contributed by atoms with van der Waals surface area (Å²) in [6.45, 7) is 0. The van der Waals surface area contributed by atoms with Crippen molar-refractivity contribution in [2.75, 3.05) is 18.2 Å². The van der Waals surface area contributed by atoms with Crippen molar-refractivity contribution in [3.63, 3.8) is 0 Å². The van der Waals surface area contributed by atoms with Crippen LogP contribution in [0, 0.1) is 0 Å². The first kappa shape index (κ1) is 11.7. The van der Waals surface area contributed by atoms with Crippen LogP contribution in [0.3, 0.4) is 0 Å². The third-order valence-electron chi connectivity index (χ3n) is 2.15. The molecule has 2 heterocycles. The summed E-state index contributed by atoms with van der Waals surface area (Å²) in [5.41, 5.74) is 6.21. The Balaban J connectivity index is 2.25. The Hall–Kier alpha value is -1.76. The van der Waals surface area contributed by atoms with Gasteiger partial charge in [0.25, 0.3) is 0 Å². The molecule has 3 N–H and O–H groups in total. The maximum Gasteiger partial charge on any atom is 0.213 e. The molecule has 0 spiro atoms. The molecule has 7 heteroatoms. The summed E-state index contributed by atoms with van der Waals surface area (Å²) in [6.07, 6.45) is 1.58. The lowest BCUT2D eigenvalue weighted by molar-refractivity contribution is 0.373. The molecule has 0 saturated carbocycles. The van der Waals surface area contributed by atoms with Crippen molar-refractivity contribution in [3.05, 3.63) is 22.8 Å². The number of ether oxygens (including phenoxy) is 1. The van der Waals surface area contributed by atoms with Gasteiger partial charge in [0.05, 0.1) is 23.5 Å². The van der Waals surface area contributed by atoms with Crippen molar-refractivity contribution >= 4 is 33.3 Å². The Morgan fingerprint density at radius 1 is 1.47 bits per heavy atom. The number of halogens is 1. The molecule has 0 saturated heterocycles. The fourth-order valence-electron chi connectivity index (χ4n) is 1.37. The van der Waals surface area contributed by atoms with E-state index in [0.29, 0.717) is 23.2 Å². The molecule has 0 aliphatic carbocycles. The number of methoxy groups -OCH3 is 1. The first-order valence-corrected chi connectivity index (χ1v) is 5.65. The lowest BCUT2D eigenvalue weighted by Gasteiger charge is -2.04. The highest BCUT2D eigenvalue weighted by Crippen LogP contribution is 2.26. The van der Waals surface area contributed by atoms with Crippen LogP contribution in [0.5, 0.6) is 5.88 Å². The van der Waals surface area contributed by atoms with Crippen LogP contribution < -0.4 is 15.8 Å². The smallest absolute Gasteiger partial charge is 0.213 e. The first-order valence-electron chi connectivity index (χ1n) is 4.86. The van der Waals surface area contributed by atoms with Crippen LogP contribution in [0.2, 0.25) is 0 Å². The average Bonchev–Trinajstić information content (AvgIpc) is 2.63. The molecule has 2 rings (SSSR count). The third kappa shape index (κ3) is 2.50. The van der Waals surface area contributed by atoms with E-state index in [0.717, 1.165) is 4.47 Å². The molecule has 6 nitrogen and oxygen atoms in total. The summed E-state index contributed by atoms with van der Waals surface area (Å²) < 4.78 is 7.53. The molecule has 0 aliphatic heterocycles. The molecule has 0 aromatic carbocycles. The Bertz CT molecular complexity index is 539. The second kappa shape index (κ2) is 4.62. The topological polar surface area (TPSA) is 78.0 Å².